The Labute approximate surface area is 542 Å². The van der Waals surface area contributed by atoms with Gasteiger partial charge in [0.05, 0.1) is 39.9 Å². The lowest BCUT2D eigenvalue weighted by atomic mass is 10.0. The Morgan fingerprint density at radius 2 is 0.667 bits per heavy atom. The molecule has 0 saturated heterocycles. The fourth-order valence-electron chi connectivity index (χ4n) is 11.3. The van der Waals surface area contributed by atoms with Crippen LogP contribution in [-0.2, 0) is 18.4 Å². The van der Waals surface area contributed by atoms with Crippen LogP contribution < -0.4 is 5.32 Å². The molecule has 87 heavy (non-hydrogen) atoms. The normalized spacial score (nSPS) is 14.0. The van der Waals surface area contributed by atoms with Crippen LogP contribution in [0.4, 0.5) is 0 Å². The minimum absolute atomic E-state index is 0.0527. The number of phosphoric ester groups is 1. The van der Waals surface area contributed by atoms with E-state index in [0.29, 0.717) is 17.4 Å². The average molecular weight is 1240 g/mol. The molecule has 0 aliphatic rings. The van der Waals surface area contributed by atoms with Crippen LogP contribution in [0.2, 0.25) is 0 Å². The third-order valence-electron chi connectivity index (χ3n) is 17.1. The Hall–Kier alpha value is -2.06. The monoisotopic (exact) mass is 1240 g/mol. The zero-order chi connectivity index (χ0) is 63.4. The maximum atomic E-state index is 13.1. The van der Waals surface area contributed by atoms with E-state index in [1.54, 1.807) is 6.08 Å². The van der Waals surface area contributed by atoms with Crippen molar-refractivity contribution in [1.29, 1.82) is 0 Å². The summed E-state index contributed by atoms with van der Waals surface area (Å²) in [7, 11) is 1.55. The van der Waals surface area contributed by atoms with E-state index in [0.717, 1.165) is 57.8 Å². The Bertz CT molecular complexity index is 1650. The molecule has 0 fully saturated rings. The van der Waals surface area contributed by atoms with Gasteiger partial charge in [-0.3, -0.25) is 13.8 Å². The second kappa shape index (κ2) is 68.3. The summed E-state index contributed by atoms with van der Waals surface area (Å²) < 4.78 is 23.8. The summed E-state index contributed by atoms with van der Waals surface area (Å²) in [4.78, 5) is 23.5. The molecule has 0 heterocycles. The molecule has 0 bridgehead atoms. The van der Waals surface area contributed by atoms with Gasteiger partial charge in [0, 0.05) is 6.42 Å². The Morgan fingerprint density at radius 3 is 1.00 bits per heavy atom. The predicted molar refractivity (Wildman–Crippen MR) is 383 cm³/mol. The number of nitrogens with one attached hydrogen (secondary N) is 1. The lowest BCUT2D eigenvalue weighted by Gasteiger charge is -2.25. The maximum Gasteiger partial charge on any atom is 0.472 e. The van der Waals surface area contributed by atoms with Crippen LogP contribution in [0, 0.1) is 0 Å². The van der Waals surface area contributed by atoms with Gasteiger partial charge in [0.25, 0.3) is 0 Å². The molecule has 0 aromatic carbocycles. The van der Waals surface area contributed by atoms with E-state index in [4.69, 9.17) is 9.05 Å². The van der Waals surface area contributed by atoms with Gasteiger partial charge in [-0.15, -0.1) is 0 Å². The summed E-state index contributed by atoms with van der Waals surface area (Å²) in [5, 5.41) is 14.0. The molecule has 3 atom stereocenters. The van der Waals surface area contributed by atoms with Crippen LogP contribution in [0.5, 0.6) is 0 Å². The number of rotatable bonds is 70. The van der Waals surface area contributed by atoms with E-state index < -0.39 is 20.0 Å². The summed E-state index contributed by atoms with van der Waals surface area (Å²) in [6.45, 7) is 4.82. The number of hydrogen-bond acceptors (Lipinski definition) is 5. The lowest BCUT2D eigenvalue weighted by molar-refractivity contribution is -0.870. The molecule has 1 amide bonds. The van der Waals surface area contributed by atoms with Crippen molar-refractivity contribution in [2.24, 2.45) is 0 Å². The Morgan fingerprint density at radius 1 is 0.391 bits per heavy atom. The van der Waals surface area contributed by atoms with Gasteiger partial charge in [0.1, 0.15) is 13.2 Å². The van der Waals surface area contributed by atoms with Crippen LogP contribution in [0.3, 0.4) is 0 Å². The first-order valence-electron chi connectivity index (χ1n) is 37.8. The fourth-order valence-corrected chi connectivity index (χ4v) is 12.0. The van der Waals surface area contributed by atoms with Crippen molar-refractivity contribution in [2.45, 2.75) is 379 Å². The number of phosphoric acid groups is 1. The van der Waals surface area contributed by atoms with E-state index in [-0.39, 0.29) is 19.1 Å². The maximum absolute atomic E-state index is 13.1. The molecular formula is C78H148N2O6P+. The largest absolute Gasteiger partial charge is 0.472 e. The van der Waals surface area contributed by atoms with E-state index in [1.165, 1.54) is 289 Å². The summed E-state index contributed by atoms with van der Waals surface area (Å²) in [6.07, 6.45) is 96.5. The molecule has 8 nitrogen and oxygen atoms in total. The Balaban J connectivity index is 4.07. The van der Waals surface area contributed by atoms with Crippen molar-refractivity contribution in [3.05, 3.63) is 72.9 Å². The molecule has 0 rings (SSSR count). The SMILES string of the molecule is CCCCCCC/C=C\C/C=C\C/C=C\CCCCCCCCCCCCCCCCCCCCC(=O)NC(COP(=O)(O)OCC[N+](C)(C)C)C(O)/C=C/CC/C=C/CC/C=C/CCCCCCCCCCCCCCCCCCCCCCCC. The molecule has 3 unspecified atom stereocenters. The van der Waals surface area contributed by atoms with Gasteiger partial charge in [-0.1, -0.05) is 350 Å². The first kappa shape index (κ1) is 84.9. The molecular weight excluding hydrogens is 1090 g/mol. The standard InChI is InChI=1S/C78H147N2O6P/c1-6-8-10-12-14-16-18-20-22-24-26-28-30-32-34-36-38-40-42-44-46-48-50-52-54-56-58-60-62-64-66-68-70-72-78(82)79-76(75-86-87(83,84)85-74-73-80(3,4)5)77(81)71-69-67-65-63-61-59-57-55-53-51-49-47-45-43-41-39-37-35-33-31-29-27-25-23-21-19-17-15-13-11-9-7-2/h18,20,24,26,30,32,53,55,61,63,69,71,76-77,81H,6-17,19,21-23,25,27-29,31,33-52,54,56-60,62,64-68,70,72-75H2,1-5H3,(H-,79,82,83,84)/p+1/b20-18-,26-24-,32-30-,55-53+,63-61+,71-69+. The predicted octanol–water partition coefficient (Wildman–Crippen LogP) is 24.5. The van der Waals surface area contributed by atoms with Crippen molar-refractivity contribution in [1.82, 2.24) is 5.32 Å². The van der Waals surface area contributed by atoms with Crippen LogP contribution in [0.25, 0.3) is 0 Å². The highest BCUT2D eigenvalue weighted by Gasteiger charge is 2.28. The van der Waals surface area contributed by atoms with E-state index in [9.17, 15) is 19.4 Å². The number of quaternary nitrogens is 1. The van der Waals surface area contributed by atoms with E-state index in [1.807, 2.05) is 27.2 Å². The molecule has 0 aliphatic carbocycles. The smallest absolute Gasteiger partial charge is 0.387 e. The first-order valence-corrected chi connectivity index (χ1v) is 39.3. The van der Waals surface area contributed by atoms with Crippen molar-refractivity contribution in [3.8, 4) is 0 Å². The molecule has 0 saturated carbocycles. The molecule has 0 aromatic heterocycles. The molecule has 0 aliphatic heterocycles. The number of aliphatic hydroxyl groups excluding tert-OH is 1. The number of aliphatic hydroxyl groups is 1. The minimum atomic E-state index is -4.37. The van der Waals surface area contributed by atoms with Crippen molar-refractivity contribution >= 4 is 13.7 Å². The molecule has 0 spiro atoms. The van der Waals surface area contributed by atoms with Crippen LogP contribution >= 0.6 is 7.82 Å². The Kier molecular flexibility index (Phi) is 66.7. The highest BCUT2D eigenvalue weighted by atomic mass is 31.2. The van der Waals surface area contributed by atoms with Gasteiger partial charge in [0.2, 0.25) is 5.91 Å². The zero-order valence-corrected chi connectivity index (χ0v) is 59.4. The second-order valence-electron chi connectivity index (χ2n) is 27.0. The third-order valence-corrected chi connectivity index (χ3v) is 18.1. The number of allylic oxidation sites excluding steroid dienone is 11. The van der Waals surface area contributed by atoms with Crippen molar-refractivity contribution < 1.29 is 32.9 Å². The lowest BCUT2D eigenvalue weighted by Crippen LogP contribution is -2.45. The summed E-state index contributed by atoms with van der Waals surface area (Å²) in [6, 6.07) is -0.874. The quantitative estimate of drug-likeness (QED) is 0.0243. The first-order chi connectivity index (χ1) is 42.5. The van der Waals surface area contributed by atoms with E-state index in [2.05, 4.69) is 79.9 Å². The average Bonchev–Trinajstić information content (AvgIpc) is 3.71. The summed E-state index contributed by atoms with van der Waals surface area (Å²) in [5.41, 5.74) is 0. The molecule has 0 radical (unpaired) electrons. The second-order valence-corrected chi connectivity index (χ2v) is 28.5. The third kappa shape index (κ3) is 71.2. The fraction of sp³-hybridized carbons (Fsp3) is 0.833. The number of carbonyl (C=O) groups excluding carboxylic acids is 1. The van der Waals surface area contributed by atoms with Gasteiger partial charge in [-0.05, 0) is 83.5 Å². The topological polar surface area (TPSA) is 105 Å². The van der Waals surface area contributed by atoms with Crippen LogP contribution in [0.1, 0.15) is 367 Å². The number of unbranched alkanes of at least 4 members (excludes halogenated alkanes) is 47. The van der Waals surface area contributed by atoms with Crippen LogP contribution in [0.15, 0.2) is 72.9 Å². The van der Waals surface area contributed by atoms with Gasteiger partial charge in [-0.25, -0.2) is 4.57 Å². The van der Waals surface area contributed by atoms with E-state index >= 15 is 0 Å². The van der Waals surface area contributed by atoms with Gasteiger partial charge in [-0.2, -0.15) is 0 Å². The number of amides is 1. The van der Waals surface area contributed by atoms with Gasteiger partial charge in [0.15, 0.2) is 0 Å². The number of nitrogens with zero attached hydrogens (tertiary/aromatic N) is 1. The van der Waals surface area contributed by atoms with Crippen molar-refractivity contribution in [2.75, 3.05) is 40.9 Å². The van der Waals surface area contributed by atoms with Crippen LogP contribution in [-0.4, -0.2) is 73.4 Å². The van der Waals surface area contributed by atoms with Gasteiger partial charge >= 0.3 is 7.82 Å². The van der Waals surface area contributed by atoms with Gasteiger partial charge < -0.3 is 19.8 Å². The number of hydrogen-bond donors (Lipinski definition) is 3. The van der Waals surface area contributed by atoms with Crippen molar-refractivity contribution in [3.63, 3.8) is 0 Å². The highest BCUT2D eigenvalue weighted by molar-refractivity contribution is 7.47. The molecule has 510 valence electrons. The molecule has 3 N–H and O–H groups in total. The summed E-state index contributed by atoms with van der Waals surface area (Å²) in [5.74, 6) is -0.187. The molecule has 0 aromatic rings. The number of likely N-dealkylation sites (N-methyl/N-ethyl adjacent to an activating group) is 1. The minimum Gasteiger partial charge on any atom is -0.387 e. The molecule has 9 heteroatoms. The zero-order valence-electron chi connectivity index (χ0n) is 58.5. The number of carbonyl (C=O) groups is 1. The highest BCUT2D eigenvalue weighted by Crippen LogP contribution is 2.43. The summed E-state index contributed by atoms with van der Waals surface area (Å²) >= 11 is 0.